The highest BCUT2D eigenvalue weighted by Gasteiger charge is 2.11. The minimum Gasteiger partial charge on any atom is -0.493 e. The molecular formula is C21H20ClNO6. The SMILES string of the molecule is COc1cc(/C=C/C(=O)OCC(=O)c2ccc(NC(C)=O)cc2)cc(Cl)c1OC. The Morgan fingerprint density at radius 1 is 1.07 bits per heavy atom. The van der Waals surface area contributed by atoms with Gasteiger partial charge in [-0.3, -0.25) is 9.59 Å². The van der Waals surface area contributed by atoms with E-state index < -0.39 is 12.6 Å². The van der Waals surface area contributed by atoms with Crippen molar-refractivity contribution in [2.24, 2.45) is 0 Å². The van der Waals surface area contributed by atoms with Crippen LogP contribution in [0, 0.1) is 0 Å². The van der Waals surface area contributed by atoms with Crippen LogP contribution in [0.2, 0.25) is 5.02 Å². The highest BCUT2D eigenvalue weighted by Crippen LogP contribution is 2.36. The molecule has 0 saturated heterocycles. The monoisotopic (exact) mass is 417 g/mol. The van der Waals surface area contributed by atoms with Crippen molar-refractivity contribution < 1.29 is 28.6 Å². The topological polar surface area (TPSA) is 90.9 Å². The summed E-state index contributed by atoms with van der Waals surface area (Å²) >= 11 is 6.12. The van der Waals surface area contributed by atoms with E-state index in [0.717, 1.165) is 0 Å². The van der Waals surface area contributed by atoms with E-state index in [1.807, 2.05) is 0 Å². The van der Waals surface area contributed by atoms with Gasteiger partial charge in [-0.05, 0) is 48.0 Å². The first-order chi connectivity index (χ1) is 13.8. The van der Waals surface area contributed by atoms with Gasteiger partial charge >= 0.3 is 5.97 Å². The zero-order valence-corrected chi connectivity index (χ0v) is 16.9. The molecule has 0 aliphatic rings. The molecule has 2 aromatic rings. The molecule has 0 unspecified atom stereocenters. The quantitative estimate of drug-likeness (QED) is 0.399. The van der Waals surface area contributed by atoms with Gasteiger partial charge in [-0.2, -0.15) is 0 Å². The molecule has 152 valence electrons. The minimum absolute atomic E-state index is 0.208. The van der Waals surface area contributed by atoms with E-state index in [1.54, 1.807) is 36.4 Å². The molecule has 0 saturated carbocycles. The van der Waals surface area contributed by atoms with Crippen molar-refractivity contribution in [2.45, 2.75) is 6.92 Å². The lowest BCUT2D eigenvalue weighted by molar-refractivity contribution is -0.136. The molecule has 1 amide bonds. The van der Waals surface area contributed by atoms with Gasteiger partial charge in [0, 0.05) is 24.3 Å². The number of rotatable bonds is 8. The van der Waals surface area contributed by atoms with Gasteiger partial charge in [-0.25, -0.2) is 4.79 Å². The van der Waals surface area contributed by atoms with Gasteiger partial charge in [-0.15, -0.1) is 0 Å². The molecule has 0 spiro atoms. The summed E-state index contributed by atoms with van der Waals surface area (Å²) in [6, 6.07) is 9.53. The summed E-state index contributed by atoms with van der Waals surface area (Å²) in [6.45, 7) is 0.983. The van der Waals surface area contributed by atoms with Crippen molar-refractivity contribution in [3.05, 3.63) is 58.6 Å². The zero-order chi connectivity index (χ0) is 21.4. The first kappa shape index (κ1) is 22.0. The maximum Gasteiger partial charge on any atom is 0.331 e. The van der Waals surface area contributed by atoms with Gasteiger partial charge < -0.3 is 19.5 Å². The predicted octanol–water partition coefficient (Wildman–Crippen LogP) is 3.75. The second kappa shape index (κ2) is 10.3. The summed E-state index contributed by atoms with van der Waals surface area (Å²) in [5.41, 5.74) is 1.54. The molecule has 0 aromatic heterocycles. The summed E-state index contributed by atoms with van der Waals surface area (Å²) in [4.78, 5) is 35.0. The summed E-state index contributed by atoms with van der Waals surface area (Å²) in [5.74, 6) is -0.440. The number of ketones is 1. The summed E-state index contributed by atoms with van der Waals surface area (Å²) in [5, 5.41) is 2.93. The van der Waals surface area contributed by atoms with Gasteiger partial charge in [-0.1, -0.05) is 11.6 Å². The predicted molar refractivity (Wildman–Crippen MR) is 110 cm³/mol. The maximum absolute atomic E-state index is 12.1. The normalized spacial score (nSPS) is 10.5. The molecule has 2 aromatic carbocycles. The number of benzene rings is 2. The van der Waals surface area contributed by atoms with Crippen molar-refractivity contribution >= 4 is 41.0 Å². The van der Waals surface area contributed by atoms with E-state index in [4.69, 9.17) is 25.8 Å². The Hall–Kier alpha value is -3.32. The number of amides is 1. The molecule has 2 rings (SSSR count). The number of carbonyl (C=O) groups excluding carboxylic acids is 3. The molecule has 0 aliphatic carbocycles. The Balaban J connectivity index is 1.94. The summed E-state index contributed by atoms with van der Waals surface area (Å²) < 4.78 is 15.3. The van der Waals surface area contributed by atoms with Crippen molar-refractivity contribution in [1.29, 1.82) is 0 Å². The number of Topliss-reactive ketones (excluding diaryl/α,β-unsaturated/α-hetero) is 1. The fraction of sp³-hybridized carbons (Fsp3) is 0.190. The minimum atomic E-state index is -0.681. The van der Waals surface area contributed by atoms with Crippen LogP contribution in [0.3, 0.4) is 0 Å². The number of nitrogens with one attached hydrogen (secondary N) is 1. The third-order valence-corrected chi connectivity index (χ3v) is 4.02. The first-order valence-electron chi connectivity index (χ1n) is 8.51. The number of ether oxygens (including phenoxy) is 3. The van der Waals surface area contributed by atoms with Crippen LogP contribution >= 0.6 is 11.6 Å². The van der Waals surface area contributed by atoms with Gasteiger partial charge in [0.2, 0.25) is 5.91 Å². The third-order valence-electron chi connectivity index (χ3n) is 3.74. The van der Waals surface area contributed by atoms with Crippen LogP contribution in [0.1, 0.15) is 22.8 Å². The smallest absolute Gasteiger partial charge is 0.331 e. The van der Waals surface area contributed by atoms with E-state index in [0.29, 0.717) is 33.3 Å². The van der Waals surface area contributed by atoms with Crippen LogP contribution in [0.15, 0.2) is 42.5 Å². The Kier molecular flexibility index (Phi) is 7.79. The Morgan fingerprint density at radius 3 is 2.34 bits per heavy atom. The number of carbonyl (C=O) groups is 3. The van der Waals surface area contributed by atoms with Crippen LogP contribution in [0.25, 0.3) is 6.08 Å². The average molecular weight is 418 g/mol. The lowest BCUT2D eigenvalue weighted by atomic mass is 10.1. The Morgan fingerprint density at radius 2 is 1.76 bits per heavy atom. The number of hydrogen-bond donors (Lipinski definition) is 1. The Labute approximate surface area is 173 Å². The maximum atomic E-state index is 12.1. The Bertz CT molecular complexity index is 937. The average Bonchev–Trinajstić information content (AvgIpc) is 2.70. The fourth-order valence-corrected chi connectivity index (χ4v) is 2.71. The number of methoxy groups -OCH3 is 2. The van der Waals surface area contributed by atoms with Gasteiger partial charge in [0.1, 0.15) is 0 Å². The molecule has 0 fully saturated rings. The van der Waals surface area contributed by atoms with Crippen LogP contribution in [0.5, 0.6) is 11.5 Å². The lowest BCUT2D eigenvalue weighted by Crippen LogP contribution is -2.13. The fourth-order valence-electron chi connectivity index (χ4n) is 2.41. The molecule has 0 atom stereocenters. The summed E-state index contributed by atoms with van der Waals surface area (Å²) in [7, 11) is 2.95. The molecule has 7 nitrogen and oxygen atoms in total. The number of hydrogen-bond acceptors (Lipinski definition) is 6. The van der Waals surface area contributed by atoms with Crippen LogP contribution in [-0.2, 0) is 14.3 Å². The number of esters is 1. The van der Waals surface area contributed by atoms with E-state index in [2.05, 4.69) is 5.32 Å². The molecule has 8 heteroatoms. The highest BCUT2D eigenvalue weighted by atomic mass is 35.5. The van der Waals surface area contributed by atoms with Crippen LogP contribution in [-0.4, -0.2) is 38.5 Å². The van der Waals surface area contributed by atoms with Gasteiger partial charge in [0.05, 0.1) is 19.2 Å². The van der Waals surface area contributed by atoms with Crippen molar-refractivity contribution in [2.75, 3.05) is 26.1 Å². The molecular weight excluding hydrogens is 398 g/mol. The lowest BCUT2D eigenvalue weighted by Gasteiger charge is -2.10. The van der Waals surface area contributed by atoms with E-state index in [1.165, 1.54) is 33.3 Å². The van der Waals surface area contributed by atoms with E-state index in [9.17, 15) is 14.4 Å². The number of halogens is 1. The van der Waals surface area contributed by atoms with Crippen LogP contribution < -0.4 is 14.8 Å². The van der Waals surface area contributed by atoms with E-state index >= 15 is 0 Å². The standard InChI is InChI=1S/C21H20ClNO6/c1-13(24)23-16-7-5-15(6-8-16)18(25)12-29-20(26)9-4-14-10-17(22)21(28-3)19(11-14)27-2/h4-11H,12H2,1-3H3,(H,23,24)/b9-4+. The number of anilines is 1. The van der Waals surface area contributed by atoms with Gasteiger partial charge in [0.25, 0.3) is 0 Å². The van der Waals surface area contributed by atoms with Crippen molar-refractivity contribution in [3.8, 4) is 11.5 Å². The molecule has 0 aliphatic heterocycles. The highest BCUT2D eigenvalue weighted by molar-refractivity contribution is 6.32. The molecule has 0 bridgehead atoms. The third kappa shape index (κ3) is 6.36. The molecule has 0 radical (unpaired) electrons. The molecule has 1 N–H and O–H groups in total. The summed E-state index contributed by atoms with van der Waals surface area (Å²) in [6.07, 6.45) is 2.67. The zero-order valence-electron chi connectivity index (χ0n) is 16.2. The van der Waals surface area contributed by atoms with E-state index in [-0.39, 0.29) is 11.7 Å². The van der Waals surface area contributed by atoms with Gasteiger partial charge in [0.15, 0.2) is 23.9 Å². The molecule has 29 heavy (non-hydrogen) atoms. The largest absolute Gasteiger partial charge is 0.493 e. The van der Waals surface area contributed by atoms with Crippen molar-refractivity contribution in [3.63, 3.8) is 0 Å². The second-order valence-corrected chi connectivity index (χ2v) is 6.27. The first-order valence-corrected chi connectivity index (χ1v) is 8.89. The molecule has 0 heterocycles. The van der Waals surface area contributed by atoms with Crippen molar-refractivity contribution in [1.82, 2.24) is 0 Å². The van der Waals surface area contributed by atoms with Crippen LogP contribution in [0.4, 0.5) is 5.69 Å². The second-order valence-electron chi connectivity index (χ2n) is 5.86.